The molecule has 4 nitrogen and oxygen atoms in total. The average Bonchev–Trinajstić information content (AvgIpc) is 2.34. The van der Waals surface area contributed by atoms with Crippen LogP contribution in [0.3, 0.4) is 0 Å². The van der Waals surface area contributed by atoms with Gasteiger partial charge in [-0.3, -0.25) is 0 Å². The Balaban J connectivity index is 1.93. The lowest BCUT2D eigenvalue weighted by molar-refractivity contribution is 0.409. The number of nitrogens with zero attached hydrogens (tertiary/aromatic N) is 2. The van der Waals surface area contributed by atoms with E-state index in [0.29, 0.717) is 0 Å². The summed E-state index contributed by atoms with van der Waals surface area (Å²) in [4.78, 5) is 6.74. The van der Waals surface area contributed by atoms with Crippen molar-refractivity contribution in [3.63, 3.8) is 0 Å². The van der Waals surface area contributed by atoms with E-state index in [1.54, 1.807) is 0 Å². The van der Waals surface area contributed by atoms with E-state index in [1.165, 1.54) is 36.7 Å². The molecule has 2 aromatic rings. The maximum atomic E-state index is 13.0. The first-order valence-electron chi connectivity index (χ1n) is 4.63. The van der Waals surface area contributed by atoms with Gasteiger partial charge in [-0.25, -0.2) is 9.97 Å². The standard InChI is InChI=1S/C10H6BF2N2O2/c12-9-7(3-1-5-14-9)16-11-17-8-4-2-6-15-10(8)13/h1-6H. The summed E-state index contributed by atoms with van der Waals surface area (Å²) in [5, 5.41) is 0. The van der Waals surface area contributed by atoms with Crippen LogP contribution in [-0.4, -0.2) is 17.7 Å². The van der Waals surface area contributed by atoms with Crippen molar-refractivity contribution >= 4 is 7.69 Å². The minimum Gasteiger partial charge on any atom is -0.523 e. The number of halogens is 2. The maximum Gasteiger partial charge on any atom is 0.658 e. The average molecular weight is 235 g/mol. The molecule has 0 atom stereocenters. The van der Waals surface area contributed by atoms with Crippen molar-refractivity contribution in [2.24, 2.45) is 0 Å². The molecule has 7 heteroatoms. The minimum atomic E-state index is -0.779. The molecule has 0 bridgehead atoms. The van der Waals surface area contributed by atoms with Crippen LogP contribution in [0.2, 0.25) is 0 Å². The zero-order valence-electron chi connectivity index (χ0n) is 8.51. The van der Waals surface area contributed by atoms with Crippen LogP contribution in [0.1, 0.15) is 0 Å². The highest BCUT2D eigenvalue weighted by atomic mass is 19.1. The predicted molar refractivity (Wildman–Crippen MR) is 55.4 cm³/mol. The Morgan fingerprint density at radius 2 is 1.35 bits per heavy atom. The van der Waals surface area contributed by atoms with Gasteiger partial charge in [0.2, 0.25) is 0 Å². The lowest BCUT2D eigenvalue weighted by atomic mass is 10.3. The summed E-state index contributed by atoms with van der Waals surface area (Å²) in [5.74, 6) is -1.79. The van der Waals surface area contributed by atoms with Crippen molar-refractivity contribution < 1.29 is 18.1 Å². The lowest BCUT2D eigenvalue weighted by Gasteiger charge is -2.06. The van der Waals surface area contributed by atoms with Gasteiger partial charge < -0.3 is 9.31 Å². The SMILES string of the molecule is Fc1ncccc1O[B]Oc1cccnc1F. The van der Waals surface area contributed by atoms with Gasteiger partial charge in [-0.1, -0.05) is 0 Å². The summed E-state index contributed by atoms with van der Waals surface area (Å²) in [6.45, 7) is 0. The third kappa shape index (κ3) is 2.90. The monoisotopic (exact) mass is 235 g/mol. The molecule has 0 unspecified atom stereocenters. The van der Waals surface area contributed by atoms with Gasteiger partial charge in [-0.15, -0.1) is 0 Å². The van der Waals surface area contributed by atoms with Gasteiger partial charge in [-0.2, -0.15) is 8.78 Å². The van der Waals surface area contributed by atoms with Crippen LogP contribution in [0.15, 0.2) is 36.7 Å². The zero-order chi connectivity index (χ0) is 12.1. The molecule has 0 aliphatic carbocycles. The Kier molecular flexibility index (Phi) is 3.49. The van der Waals surface area contributed by atoms with Crippen molar-refractivity contribution in [2.75, 3.05) is 0 Å². The molecule has 2 heterocycles. The second kappa shape index (κ2) is 5.24. The quantitative estimate of drug-likeness (QED) is 0.598. The molecule has 0 aromatic carbocycles. The van der Waals surface area contributed by atoms with E-state index in [0.717, 1.165) is 7.69 Å². The fourth-order valence-corrected chi connectivity index (χ4v) is 1.05. The molecule has 0 spiro atoms. The summed E-state index contributed by atoms with van der Waals surface area (Å²) in [6, 6.07) is 5.72. The third-order valence-corrected chi connectivity index (χ3v) is 1.80. The number of rotatable bonds is 4. The van der Waals surface area contributed by atoms with E-state index in [9.17, 15) is 8.78 Å². The van der Waals surface area contributed by atoms with E-state index in [1.807, 2.05) is 0 Å². The number of hydrogen-bond donors (Lipinski definition) is 0. The normalized spacial score (nSPS) is 9.76. The lowest BCUT2D eigenvalue weighted by Crippen LogP contribution is -2.13. The molecule has 0 fully saturated rings. The molecule has 0 saturated carbocycles. The number of hydrogen-bond acceptors (Lipinski definition) is 4. The Morgan fingerprint density at radius 3 is 1.76 bits per heavy atom. The first kappa shape index (κ1) is 11.3. The largest absolute Gasteiger partial charge is 0.658 e. The molecule has 1 radical (unpaired) electrons. The van der Waals surface area contributed by atoms with Crippen LogP contribution in [0.5, 0.6) is 11.5 Å². The van der Waals surface area contributed by atoms with Crippen LogP contribution in [0.4, 0.5) is 8.78 Å². The molecule has 0 aliphatic heterocycles. The molecule has 2 aromatic heterocycles. The molecule has 2 rings (SSSR count). The van der Waals surface area contributed by atoms with Crippen LogP contribution < -0.4 is 9.31 Å². The molecular formula is C10H6BF2N2O2. The second-order valence-electron chi connectivity index (χ2n) is 2.92. The minimum absolute atomic E-state index is 0.114. The summed E-state index contributed by atoms with van der Waals surface area (Å²) in [6.07, 6.45) is 2.56. The van der Waals surface area contributed by atoms with Crippen molar-refractivity contribution in [1.82, 2.24) is 9.97 Å². The van der Waals surface area contributed by atoms with E-state index in [4.69, 9.17) is 9.31 Å². The smallest absolute Gasteiger partial charge is 0.523 e. The maximum absolute atomic E-state index is 13.0. The summed E-state index contributed by atoms with van der Waals surface area (Å²) < 4.78 is 35.6. The Bertz CT molecular complexity index is 468. The molecular weight excluding hydrogens is 229 g/mol. The third-order valence-electron chi connectivity index (χ3n) is 1.80. The Labute approximate surface area is 96.5 Å². The van der Waals surface area contributed by atoms with Crippen molar-refractivity contribution in [3.8, 4) is 11.5 Å². The van der Waals surface area contributed by atoms with Gasteiger partial charge in [0.05, 0.1) is 0 Å². The highest BCUT2D eigenvalue weighted by Gasteiger charge is 2.09. The van der Waals surface area contributed by atoms with Gasteiger partial charge >= 0.3 is 7.69 Å². The van der Waals surface area contributed by atoms with Crippen molar-refractivity contribution in [1.29, 1.82) is 0 Å². The number of pyridine rings is 2. The fraction of sp³-hybridized carbons (Fsp3) is 0. The van der Waals surface area contributed by atoms with Crippen molar-refractivity contribution in [2.45, 2.75) is 0 Å². The Morgan fingerprint density at radius 1 is 0.882 bits per heavy atom. The van der Waals surface area contributed by atoms with Crippen LogP contribution in [0, 0.1) is 11.9 Å². The van der Waals surface area contributed by atoms with Gasteiger partial charge in [0.25, 0.3) is 11.9 Å². The van der Waals surface area contributed by atoms with Gasteiger partial charge in [0.1, 0.15) is 0 Å². The molecule has 17 heavy (non-hydrogen) atoms. The summed E-state index contributed by atoms with van der Waals surface area (Å²) >= 11 is 0. The summed E-state index contributed by atoms with van der Waals surface area (Å²) in [7, 11) is 0.806. The van der Waals surface area contributed by atoms with Crippen LogP contribution in [0.25, 0.3) is 0 Å². The van der Waals surface area contributed by atoms with Gasteiger partial charge in [0.15, 0.2) is 11.5 Å². The molecule has 0 saturated heterocycles. The van der Waals surface area contributed by atoms with Gasteiger partial charge in [0, 0.05) is 12.4 Å². The fourth-order valence-electron chi connectivity index (χ4n) is 1.05. The topological polar surface area (TPSA) is 44.2 Å². The van der Waals surface area contributed by atoms with Crippen LogP contribution >= 0.6 is 0 Å². The van der Waals surface area contributed by atoms with Crippen LogP contribution in [-0.2, 0) is 0 Å². The molecule has 0 amide bonds. The van der Waals surface area contributed by atoms with E-state index in [-0.39, 0.29) is 11.5 Å². The Hall–Kier alpha value is -2.18. The second-order valence-corrected chi connectivity index (χ2v) is 2.92. The van der Waals surface area contributed by atoms with E-state index in [2.05, 4.69) is 9.97 Å². The number of aromatic nitrogens is 2. The zero-order valence-corrected chi connectivity index (χ0v) is 8.51. The predicted octanol–water partition coefficient (Wildman–Crippen LogP) is 1.75. The molecule has 0 N–H and O–H groups in total. The highest BCUT2D eigenvalue weighted by Crippen LogP contribution is 2.15. The molecule has 0 aliphatic rings. The van der Waals surface area contributed by atoms with E-state index >= 15 is 0 Å². The first-order valence-corrected chi connectivity index (χ1v) is 4.63. The van der Waals surface area contributed by atoms with Gasteiger partial charge in [-0.05, 0) is 24.3 Å². The first-order chi connectivity index (χ1) is 8.27. The molecule has 85 valence electrons. The van der Waals surface area contributed by atoms with Crippen molar-refractivity contribution in [3.05, 3.63) is 48.6 Å². The summed E-state index contributed by atoms with van der Waals surface area (Å²) in [5.41, 5.74) is 0. The highest BCUT2D eigenvalue weighted by molar-refractivity contribution is 6.20. The van der Waals surface area contributed by atoms with E-state index < -0.39 is 11.9 Å².